The summed E-state index contributed by atoms with van der Waals surface area (Å²) in [5, 5.41) is 0. The van der Waals surface area contributed by atoms with Crippen LogP contribution in [0.3, 0.4) is 0 Å². The largest absolute Gasteiger partial charge is 0.490 e. The van der Waals surface area contributed by atoms with Crippen molar-refractivity contribution in [3.8, 4) is 5.75 Å². The van der Waals surface area contributed by atoms with Crippen molar-refractivity contribution in [1.82, 2.24) is 0 Å². The standard InChI is InChI=1S/C15H16O2/c16-13-5-1-3-11(9-13)12-4-2-6-15(10-12)17-14-7-8-14/h2,4,6,9-10,14H,1,3,5,7-8H2. The van der Waals surface area contributed by atoms with Gasteiger partial charge in [0, 0.05) is 6.42 Å². The van der Waals surface area contributed by atoms with Gasteiger partial charge in [-0.05, 0) is 55.0 Å². The minimum atomic E-state index is 0.250. The molecule has 0 aromatic heterocycles. The lowest BCUT2D eigenvalue weighted by molar-refractivity contribution is -0.114. The smallest absolute Gasteiger partial charge is 0.155 e. The summed E-state index contributed by atoms with van der Waals surface area (Å²) in [5.74, 6) is 1.18. The number of carbonyl (C=O) groups is 1. The van der Waals surface area contributed by atoms with Gasteiger partial charge in [0.25, 0.3) is 0 Å². The fourth-order valence-electron chi connectivity index (χ4n) is 2.17. The van der Waals surface area contributed by atoms with Crippen molar-refractivity contribution in [2.45, 2.75) is 38.2 Å². The summed E-state index contributed by atoms with van der Waals surface area (Å²) in [6, 6.07) is 8.12. The van der Waals surface area contributed by atoms with Gasteiger partial charge in [-0.2, -0.15) is 0 Å². The first kappa shape index (κ1) is 10.6. The molecule has 88 valence electrons. The highest BCUT2D eigenvalue weighted by Crippen LogP contribution is 2.31. The first-order valence-electron chi connectivity index (χ1n) is 6.32. The molecule has 17 heavy (non-hydrogen) atoms. The highest BCUT2D eigenvalue weighted by Gasteiger charge is 2.23. The number of ketones is 1. The summed E-state index contributed by atoms with van der Waals surface area (Å²) >= 11 is 0. The predicted molar refractivity (Wildman–Crippen MR) is 66.9 cm³/mol. The highest BCUT2D eigenvalue weighted by molar-refractivity contribution is 5.98. The number of ether oxygens (including phenoxy) is 1. The number of rotatable bonds is 3. The third-order valence-corrected chi connectivity index (χ3v) is 3.24. The second kappa shape index (κ2) is 4.36. The average Bonchev–Trinajstić information content (AvgIpc) is 3.13. The van der Waals surface area contributed by atoms with E-state index in [0.717, 1.165) is 29.7 Å². The molecular weight excluding hydrogens is 212 g/mol. The van der Waals surface area contributed by atoms with E-state index in [-0.39, 0.29) is 5.78 Å². The molecule has 0 atom stereocenters. The van der Waals surface area contributed by atoms with Gasteiger partial charge >= 0.3 is 0 Å². The van der Waals surface area contributed by atoms with Crippen LogP contribution in [0.5, 0.6) is 5.75 Å². The molecule has 2 nitrogen and oxygen atoms in total. The summed E-state index contributed by atoms with van der Waals surface area (Å²) in [7, 11) is 0. The third-order valence-electron chi connectivity index (χ3n) is 3.24. The lowest BCUT2D eigenvalue weighted by Gasteiger charge is -2.13. The van der Waals surface area contributed by atoms with Crippen LogP contribution in [0.25, 0.3) is 5.57 Å². The van der Waals surface area contributed by atoms with E-state index in [1.165, 1.54) is 12.8 Å². The van der Waals surface area contributed by atoms with Crippen LogP contribution in [0.2, 0.25) is 0 Å². The van der Waals surface area contributed by atoms with Gasteiger partial charge in [0.2, 0.25) is 0 Å². The van der Waals surface area contributed by atoms with Crippen LogP contribution in [-0.2, 0) is 4.79 Å². The van der Waals surface area contributed by atoms with Crippen molar-refractivity contribution >= 4 is 11.4 Å². The molecular formula is C15H16O2. The summed E-state index contributed by atoms with van der Waals surface area (Å²) in [5.41, 5.74) is 2.29. The topological polar surface area (TPSA) is 26.3 Å². The number of hydrogen-bond acceptors (Lipinski definition) is 2. The Balaban J connectivity index is 1.83. The zero-order chi connectivity index (χ0) is 11.7. The third kappa shape index (κ3) is 2.57. The van der Waals surface area contributed by atoms with E-state index in [9.17, 15) is 4.79 Å². The first-order chi connectivity index (χ1) is 8.31. The number of allylic oxidation sites excluding steroid dienone is 2. The zero-order valence-corrected chi connectivity index (χ0v) is 9.82. The summed E-state index contributed by atoms with van der Waals surface area (Å²) in [6.07, 6.45) is 7.22. The monoisotopic (exact) mass is 228 g/mol. The molecule has 0 amide bonds. The molecule has 1 aromatic rings. The number of hydrogen-bond donors (Lipinski definition) is 0. The molecule has 0 N–H and O–H groups in total. The molecule has 0 spiro atoms. The predicted octanol–water partition coefficient (Wildman–Crippen LogP) is 3.36. The number of carbonyl (C=O) groups excluding carboxylic acids is 1. The molecule has 0 unspecified atom stereocenters. The van der Waals surface area contributed by atoms with E-state index in [4.69, 9.17) is 4.74 Å². The zero-order valence-electron chi connectivity index (χ0n) is 9.82. The Hall–Kier alpha value is -1.57. The molecule has 0 bridgehead atoms. The van der Waals surface area contributed by atoms with E-state index in [2.05, 4.69) is 12.1 Å². The van der Waals surface area contributed by atoms with Gasteiger partial charge in [-0.15, -0.1) is 0 Å². The molecule has 2 heteroatoms. The number of benzene rings is 1. The van der Waals surface area contributed by atoms with Crippen molar-refractivity contribution in [3.63, 3.8) is 0 Å². The van der Waals surface area contributed by atoms with Crippen LogP contribution in [-0.4, -0.2) is 11.9 Å². The van der Waals surface area contributed by atoms with Gasteiger partial charge in [-0.3, -0.25) is 4.79 Å². The minimum Gasteiger partial charge on any atom is -0.490 e. The Labute approximate surface area is 101 Å². The Morgan fingerprint density at radius 3 is 2.82 bits per heavy atom. The fourth-order valence-corrected chi connectivity index (χ4v) is 2.17. The summed E-state index contributed by atoms with van der Waals surface area (Å²) in [4.78, 5) is 11.4. The molecule has 0 saturated heterocycles. The maximum absolute atomic E-state index is 11.4. The van der Waals surface area contributed by atoms with Gasteiger partial charge in [-0.1, -0.05) is 12.1 Å². The van der Waals surface area contributed by atoms with Crippen molar-refractivity contribution < 1.29 is 9.53 Å². The molecule has 2 aliphatic rings. The van der Waals surface area contributed by atoms with Crippen LogP contribution in [0.15, 0.2) is 30.3 Å². The lowest BCUT2D eigenvalue weighted by Crippen LogP contribution is -2.02. The van der Waals surface area contributed by atoms with E-state index in [1.54, 1.807) is 6.08 Å². The van der Waals surface area contributed by atoms with E-state index >= 15 is 0 Å². The van der Waals surface area contributed by atoms with Gasteiger partial charge in [0.15, 0.2) is 5.78 Å². The van der Waals surface area contributed by atoms with Crippen LogP contribution in [0.4, 0.5) is 0 Å². The highest BCUT2D eigenvalue weighted by atomic mass is 16.5. The molecule has 1 saturated carbocycles. The van der Waals surface area contributed by atoms with E-state index < -0.39 is 0 Å². The molecule has 0 heterocycles. The quantitative estimate of drug-likeness (QED) is 0.793. The maximum atomic E-state index is 11.4. The Kier molecular flexibility index (Phi) is 2.71. The molecule has 2 aliphatic carbocycles. The Bertz CT molecular complexity index is 470. The van der Waals surface area contributed by atoms with Gasteiger partial charge in [-0.25, -0.2) is 0 Å². The van der Waals surface area contributed by atoms with Crippen LogP contribution in [0, 0.1) is 0 Å². The molecule has 0 radical (unpaired) electrons. The van der Waals surface area contributed by atoms with Gasteiger partial charge in [0.05, 0.1) is 6.10 Å². The first-order valence-corrected chi connectivity index (χ1v) is 6.32. The van der Waals surface area contributed by atoms with Crippen LogP contribution in [0.1, 0.15) is 37.7 Å². The van der Waals surface area contributed by atoms with Gasteiger partial charge < -0.3 is 4.74 Å². The van der Waals surface area contributed by atoms with Crippen molar-refractivity contribution in [1.29, 1.82) is 0 Å². The second-order valence-electron chi connectivity index (χ2n) is 4.83. The van der Waals surface area contributed by atoms with Crippen LogP contribution < -0.4 is 4.74 Å². The Morgan fingerprint density at radius 2 is 2.06 bits per heavy atom. The van der Waals surface area contributed by atoms with Crippen molar-refractivity contribution in [3.05, 3.63) is 35.9 Å². The molecule has 1 fully saturated rings. The van der Waals surface area contributed by atoms with Crippen LogP contribution >= 0.6 is 0 Å². The average molecular weight is 228 g/mol. The van der Waals surface area contributed by atoms with Crippen molar-refractivity contribution in [2.75, 3.05) is 0 Å². The Morgan fingerprint density at radius 1 is 1.18 bits per heavy atom. The van der Waals surface area contributed by atoms with Gasteiger partial charge in [0.1, 0.15) is 5.75 Å². The normalized spacial score (nSPS) is 20.0. The minimum absolute atomic E-state index is 0.250. The molecule has 1 aromatic carbocycles. The molecule has 3 rings (SSSR count). The van der Waals surface area contributed by atoms with E-state index in [1.807, 2.05) is 12.1 Å². The summed E-state index contributed by atoms with van der Waals surface area (Å²) < 4.78 is 5.77. The van der Waals surface area contributed by atoms with E-state index in [0.29, 0.717) is 12.5 Å². The lowest BCUT2D eigenvalue weighted by atomic mass is 9.93. The summed E-state index contributed by atoms with van der Waals surface area (Å²) in [6.45, 7) is 0. The fraction of sp³-hybridized carbons (Fsp3) is 0.400. The van der Waals surface area contributed by atoms with Crippen molar-refractivity contribution in [2.24, 2.45) is 0 Å². The molecule has 0 aliphatic heterocycles. The maximum Gasteiger partial charge on any atom is 0.155 e. The SMILES string of the molecule is O=C1C=C(c2cccc(OC3CC3)c2)CCC1. The second-order valence-corrected chi connectivity index (χ2v) is 4.83.